The predicted molar refractivity (Wildman–Crippen MR) is 75.5 cm³/mol. The Morgan fingerprint density at radius 3 is 3.15 bits per heavy atom. The summed E-state index contributed by atoms with van der Waals surface area (Å²) in [5.41, 5.74) is -0.889. The van der Waals surface area contributed by atoms with Crippen LogP contribution in [0.2, 0.25) is 0 Å². The van der Waals surface area contributed by atoms with E-state index in [1.807, 2.05) is 23.1 Å². The standard InChI is InChI=1S/C14H21N3O3/c1-20-9-5-13(18)16-10-14(19)6-8-17(11-14)12-4-2-3-7-15-12/h2-4,7,19H,5-6,8-11H2,1H3,(H,16,18)/t14-/m1/s1. The Balaban J connectivity index is 1.83. The maximum atomic E-state index is 11.5. The van der Waals surface area contributed by atoms with Gasteiger partial charge >= 0.3 is 0 Å². The van der Waals surface area contributed by atoms with Crippen molar-refractivity contribution in [3.63, 3.8) is 0 Å². The van der Waals surface area contributed by atoms with Gasteiger partial charge in [-0.2, -0.15) is 0 Å². The van der Waals surface area contributed by atoms with E-state index in [4.69, 9.17) is 4.74 Å². The van der Waals surface area contributed by atoms with E-state index in [0.717, 1.165) is 12.4 Å². The molecule has 1 fully saturated rings. The van der Waals surface area contributed by atoms with Gasteiger partial charge in [0.2, 0.25) is 5.91 Å². The van der Waals surface area contributed by atoms with Crippen LogP contribution in [-0.4, -0.2) is 54.9 Å². The van der Waals surface area contributed by atoms with Gasteiger partial charge in [-0.3, -0.25) is 4.79 Å². The lowest BCUT2D eigenvalue weighted by molar-refractivity contribution is -0.123. The lowest BCUT2D eigenvalue weighted by atomic mass is 10.0. The van der Waals surface area contributed by atoms with Crippen molar-refractivity contribution in [3.8, 4) is 0 Å². The molecule has 2 heterocycles. The molecule has 0 radical (unpaired) electrons. The van der Waals surface area contributed by atoms with Gasteiger partial charge < -0.3 is 20.1 Å². The number of aromatic nitrogens is 1. The number of carbonyl (C=O) groups is 1. The number of nitrogens with one attached hydrogen (secondary N) is 1. The molecule has 110 valence electrons. The molecule has 0 aromatic carbocycles. The van der Waals surface area contributed by atoms with Crippen molar-refractivity contribution in [2.24, 2.45) is 0 Å². The molecule has 1 aliphatic rings. The highest BCUT2D eigenvalue weighted by atomic mass is 16.5. The van der Waals surface area contributed by atoms with Crippen LogP contribution in [0, 0.1) is 0 Å². The summed E-state index contributed by atoms with van der Waals surface area (Å²) in [5.74, 6) is 0.755. The molecule has 1 aliphatic heterocycles. The molecule has 0 bridgehead atoms. The molecule has 0 unspecified atom stereocenters. The summed E-state index contributed by atoms with van der Waals surface area (Å²) < 4.78 is 4.84. The van der Waals surface area contributed by atoms with E-state index in [0.29, 0.717) is 26.0 Å². The largest absolute Gasteiger partial charge is 0.386 e. The number of amides is 1. The summed E-state index contributed by atoms with van der Waals surface area (Å²) in [4.78, 5) is 17.8. The van der Waals surface area contributed by atoms with Crippen molar-refractivity contribution in [1.82, 2.24) is 10.3 Å². The van der Waals surface area contributed by atoms with Gasteiger partial charge in [0.1, 0.15) is 11.4 Å². The first-order chi connectivity index (χ1) is 9.63. The van der Waals surface area contributed by atoms with Crippen molar-refractivity contribution in [2.75, 3.05) is 38.3 Å². The number of pyridine rings is 1. The zero-order valence-electron chi connectivity index (χ0n) is 11.7. The lowest BCUT2D eigenvalue weighted by Crippen LogP contribution is -2.45. The SMILES string of the molecule is COCCC(=O)NC[C@]1(O)CCN(c2ccccn2)C1. The molecule has 1 atom stereocenters. The highest BCUT2D eigenvalue weighted by Gasteiger charge is 2.36. The fourth-order valence-corrected chi connectivity index (χ4v) is 2.28. The molecule has 2 N–H and O–H groups in total. The normalized spacial score (nSPS) is 22.0. The minimum absolute atomic E-state index is 0.100. The number of hydrogen-bond donors (Lipinski definition) is 2. The van der Waals surface area contributed by atoms with Crippen LogP contribution in [0.5, 0.6) is 0 Å². The fraction of sp³-hybridized carbons (Fsp3) is 0.571. The first-order valence-corrected chi connectivity index (χ1v) is 6.77. The first kappa shape index (κ1) is 14.7. The van der Waals surface area contributed by atoms with E-state index in [9.17, 15) is 9.90 Å². The van der Waals surface area contributed by atoms with Gasteiger partial charge in [-0.05, 0) is 18.6 Å². The number of β-amino-alcohol motifs (C(OH)–C–C–N with tert-alkyl or cyclic N) is 1. The van der Waals surface area contributed by atoms with Crippen LogP contribution >= 0.6 is 0 Å². The Kier molecular flexibility index (Phi) is 4.92. The van der Waals surface area contributed by atoms with Crippen LogP contribution in [-0.2, 0) is 9.53 Å². The minimum atomic E-state index is -0.889. The third-order valence-electron chi connectivity index (χ3n) is 3.45. The van der Waals surface area contributed by atoms with Gasteiger partial charge in [0.25, 0.3) is 0 Å². The molecule has 20 heavy (non-hydrogen) atoms. The summed E-state index contributed by atoms with van der Waals surface area (Å²) >= 11 is 0. The molecule has 6 nitrogen and oxygen atoms in total. The van der Waals surface area contributed by atoms with Crippen LogP contribution < -0.4 is 10.2 Å². The highest BCUT2D eigenvalue weighted by molar-refractivity contribution is 5.76. The molecular formula is C14H21N3O3. The van der Waals surface area contributed by atoms with Gasteiger partial charge in [-0.15, -0.1) is 0 Å². The second-order valence-electron chi connectivity index (χ2n) is 5.10. The number of carbonyl (C=O) groups excluding carboxylic acids is 1. The van der Waals surface area contributed by atoms with Gasteiger partial charge in [0, 0.05) is 39.4 Å². The maximum absolute atomic E-state index is 11.5. The molecule has 1 aromatic heterocycles. The van der Waals surface area contributed by atoms with Gasteiger partial charge in [-0.25, -0.2) is 4.98 Å². The molecule has 0 aliphatic carbocycles. The molecule has 1 aromatic rings. The molecule has 0 spiro atoms. The van der Waals surface area contributed by atoms with Crippen molar-refractivity contribution in [1.29, 1.82) is 0 Å². The smallest absolute Gasteiger partial charge is 0.222 e. The van der Waals surface area contributed by atoms with E-state index >= 15 is 0 Å². The molecule has 0 saturated carbocycles. The molecule has 1 saturated heterocycles. The summed E-state index contributed by atoms with van der Waals surface area (Å²) in [7, 11) is 1.56. The summed E-state index contributed by atoms with van der Waals surface area (Å²) in [5, 5.41) is 13.2. The van der Waals surface area contributed by atoms with E-state index in [-0.39, 0.29) is 12.5 Å². The molecule has 1 amide bonds. The van der Waals surface area contributed by atoms with Gasteiger partial charge in [0.05, 0.1) is 6.61 Å². The number of rotatable bonds is 6. The monoisotopic (exact) mass is 279 g/mol. The zero-order valence-corrected chi connectivity index (χ0v) is 11.7. The maximum Gasteiger partial charge on any atom is 0.222 e. The Morgan fingerprint density at radius 2 is 2.45 bits per heavy atom. The van der Waals surface area contributed by atoms with E-state index in [1.165, 1.54) is 0 Å². The van der Waals surface area contributed by atoms with Gasteiger partial charge in [0.15, 0.2) is 0 Å². The van der Waals surface area contributed by atoms with Crippen LogP contribution in [0.15, 0.2) is 24.4 Å². The Labute approximate surface area is 118 Å². The van der Waals surface area contributed by atoms with Crippen LogP contribution in [0.1, 0.15) is 12.8 Å². The fourth-order valence-electron chi connectivity index (χ4n) is 2.28. The number of hydrogen-bond acceptors (Lipinski definition) is 5. The number of ether oxygens (including phenoxy) is 1. The average molecular weight is 279 g/mol. The van der Waals surface area contributed by atoms with Crippen LogP contribution in [0.4, 0.5) is 5.82 Å². The third kappa shape index (κ3) is 3.91. The Bertz CT molecular complexity index is 441. The Hall–Kier alpha value is -1.66. The Morgan fingerprint density at radius 1 is 1.60 bits per heavy atom. The number of anilines is 1. The van der Waals surface area contributed by atoms with Crippen LogP contribution in [0.25, 0.3) is 0 Å². The van der Waals surface area contributed by atoms with Crippen LogP contribution in [0.3, 0.4) is 0 Å². The van der Waals surface area contributed by atoms with E-state index < -0.39 is 5.60 Å². The van der Waals surface area contributed by atoms with Crippen molar-refractivity contribution < 1.29 is 14.6 Å². The van der Waals surface area contributed by atoms with E-state index in [1.54, 1.807) is 13.3 Å². The molecular weight excluding hydrogens is 258 g/mol. The predicted octanol–water partition coefficient (Wildman–Crippen LogP) is 0.175. The molecule has 6 heteroatoms. The number of aliphatic hydroxyl groups is 1. The summed E-state index contributed by atoms with van der Waals surface area (Å²) in [6, 6.07) is 5.71. The topological polar surface area (TPSA) is 74.7 Å². The lowest BCUT2D eigenvalue weighted by Gasteiger charge is -2.24. The second kappa shape index (κ2) is 6.67. The van der Waals surface area contributed by atoms with E-state index in [2.05, 4.69) is 10.3 Å². The zero-order chi connectivity index (χ0) is 14.4. The average Bonchev–Trinajstić information content (AvgIpc) is 2.87. The summed E-state index contributed by atoms with van der Waals surface area (Å²) in [6.07, 6.45) is 2.67. The van der Waals surface area contributed by atoms with Crippen molar-refractivity contribution in [2.45, 2.75) is 18.4 Å². The summed E-state index contributed by atoms with van der Waals surface area (Å²) in [6.45, 7) is 1.87. The van der Waals surface area contributed by atoms with Gasteiger partial charge in [-0.1, -0.05) is 6.07 Å². The second-order valence-corrected chi connectivity index (χ2v) is 5.10. The van der Waals surface area contributed by atoms with Crippen molar-refractivity contribution >= 4 is 11.7 Å². The van der Waals surface area contributed by atoms with Crippen molar-refractivity contribution in [3.05, 3.63) is 24.4 Å². The number of nitrogens with zero attached hydrogens (tertiary/aromatic N) is 2. The number of methoxy groups -OCH3 is 1. The quantitative estimate of drug-likeness (QED) is 0.777. The molecule has 2 rings (SSSR count). The highest BCUT2D eigenvalue weighted by Crippen LogP contribution is 2.24. The first-order valence-electron chi connectivity index (χ1n) is 6.77. The minimum Gasteiger partial charge on any atom is -0.386 e. The third-order valence-corrected chi connectivity index (χ3v) is 3.45.